The van der Waals surface area contributed by atoms with E-state index in [1.54, 1.807) is 24.5 Å². The molecule has 1 fully saturated rings. The fourth-order valence-corrected chi connectivity index (χ4v) is 4.11. The van der Waals surface area contributed by atoms with E-state index in [1.807, 2.05) is 30.9 Å². The maximum absolute atomic E-state index is 13.2. The Labute approximate surface area is 164 Å². The van der Waals surface area contributed by atoms with Crippen molar-refractivity contribution in [3.05, 3.63) is 75.3 Å². The summed E-state index contributed by atoms with van der Waals surface area (Å²) in [5.41, 5.74) is 4.24. The fraction of sp³-hybridized carbons (Fsp3) is 0.348. The molecule has 1 saturated carbocycles. The number of nitrogens with zero attached hydrogens (tertiary/aromatic N) is 2. The molecule has 5 nitrogen and oxygen atoms in total. The van der Waals surface area contributed by atoms with Gasteiger partial charge in [0.2, 0.25) is 0 Å². The highest BCUT2D eigenvalue weighted by atomic mass is 16.2. The van der Waals surface area contributed by atoms with Crippen LogP contribution in [0.5, 0.6) is 0 Å². The van der Waals surface area contributed by atoms with E-state index in [0.29, 0.717) is 17.7 Å². The van der Waals surface area contributed by atoms with Gasteiger partial charge in [0.15, 0.2) is 0 Å². The largest absolute Gasteiger partial charge is 0.331 e. The van der Waals surface area contributed by atoms with E-state index in [9.17, 15) is 9.59 Å². The number of benzene rings is 1. The predicted octanol–water partition coefficient (Wildman–Crippen LogP) is 4.12. The van der Waals surface area contributed by atoms with Crippen molar-refractivity contribution in [3.63, 3.8) is 0 Å². The third-order valence-electron chi connectivity index (χ3n) is 5.92. The number of aryl methyl sites for hydroxylation is 2. The number of rotatable bonds is 4. The van der Waals surface area contributed by atoms with Gasteiger partial charge in [-0.25, -0.2) is 0 Å². The van der Waals surface area contributed by atoms with E-state index in [-0.39, 0.29) is 17.5 Å². The standard InChI is InChI=1S/C23H25N3O2/c1-15-7-8-18-13-19(22(27)25-21(18)16(15)2)14-26(20-5-3-4-6-20)23(28)17-9-11-24-12-10-17/h7-13,20H,3-6,14H2,1-2H3,(H,25,27). The van der Waals surface area contributed by atoms with E-state index in [1.165, 1.54) is 0 Å². The SMILES string of the molecule is Cc1ccc2cc(CN(C(=O)c3ccncc3)C3CCCC3)c(=O)[nH]c2c1C. The highest BCUT2D eigenvalue weighted by Gasteiger charge is 2.28. The number of nitrogens with one attached hydrogen (secondary N) is 1. The van der Waals surface area contributed by atoms with Crippen LogP contribution < -0.4 is 5.56 Å². The molecule has 2 aromatic heterocycles. The maximum atomic E-state index is 13.2. The van der Waals surface area contributed by atoms with Crippen LogP contribution in [-0.2, 0) is 6.54 Å². The molecule has 0 aliphatic heterocycles. The van der Waals surface area contributed by atoms with Gasteiger partial charge in [-0.15, -0.1) is 0 Å². The van der Waals surface area contributed by atoms with E-state index in [0.717, 1.165) is 47.7 Å². The van der Waals surface area contributed by atoms with Gasteiger partial charge in [-0.1, -0.05) is 25.0 Å². The Bertz CT molecular complexity index is 1070. The molecular weight excluding hydrogens is 350 g/mol. The normalized spacial score (nSPS) is 14.5. The highest BCUT2D eigenvalue weighted by molar-refractivity contribution is 5.94. The maximum Gasteiger partial charge on any atom is 0.254 e. The lowest BCUT2D eigenvalue weighted by atomic mass is 10.0. The van der Waals surface area contributed by atoms with Crippen molar-refractivity contribution < 1.29 is 4.79 Å². The fourth-order valence-electron chi connectivity index (χ4n) is 4.11. The third kappa shape index (κ3) is 3.44. The summed E-state index contributed by atoms with van der Waals surface area (Å²) in [4.78, 5) is 34.9. The Morgan fingerprint density at radius 2 is 1.86 bits per heavy atom. The highest BCUT2D eigenvalue weighted by Crippen LogP contribution is 2.27. The molecule has 1 N–H and O–H groups in total. The summed E-state index contributed by atoms with van der Waals surface area (Å²) in [6, 6.07) is 9.68. The molecule has 3 aromatic rings. The zero-order valence-corrected chi connectivity index (χ0v) is 16.4. The average molecular weight is 375 g/mol. The minimum absolute atomic E-state index is 0.0334. The molecule has 0 unspecified atom stereocenters. The van der Waals surface area contributed by atoms with E-state index in [4.69, 9.17) is 0 Å². The van der Waals surface area contributed by atoms with Gasteiger partial charge >= 0.3 is 0 Å². The third-order valence-corrected chi connectivity index (χ3v) is 5.92. The van der Waals surface area contributed by atoms with Crippen LogP contribution in [0.4, 0.5) is 0 Å². The predicted molar refractivity (Wildman–Crippen MR) is 110 cm³/mol. The first-order chi connectivity index (χ1) is 13.5. The first kappa shape index (κ1) is 18.4. The molecule has 28 heavy (non-hydrogen) atoms. The lowest BCUT2D eigenvalue weighted by Gasteiger charge is -2.29. The summed E-state index contributed by atoms with van der Waals surface area (Å²) < 4.78 is 0. The zero-order valence-electron chi connectivity index (χ0n) is 16.4. The van der Waals surface area contributed by atoms with E-state index in [2.05, 4.69) is 16.0 Å². The number of carbonyl (C=O) groups is 1. The molecule has 0 saturated heterocycles. The number of carbonyl (C=O) groups excluding carboxylic acids is 1. The van der Waals surface area contributed by atoms with Gasteiger partial charge in [-0.05, 0) is 61.4 Å². The Hall–Kier alpha value is -2.95. The molecular formula is C23H25N3O2. The molecule has 0 atom stereocenters. The van der Waals surface area contributed by atoms with Crippen molar-refractivity contribution in [2.24, 2.45) is 0 Å². The lowest BCUT2D eigenvalue weighted by Crippen LogP contribution is -2.39. The molecule has 0 spiro atoms. The van der Waals surface area contributed by atoms with Crippen LogP contribution in [0.1, 0.15) is 52.7 Å². The van der Waals surface area contributed by atoms with Crippen molar-refractivity contribution >= 4 is 16.8 Å². The number of fused-ring (bicyclic) bond motifs is 1. The van der Waals surface area contributed by atoms with Crippen LogP contribution in [0.15, 0.2) is 47.5 Å². The van der Waals surface area contributed by atoms with Gasteiger partial charge in [-0.3, -0.25) is 14.6 Å². The van der Waals surface area contributed by atoms with Gasteiger partial charge in [0.1, 0.15) is 0 Å². The quantitative estimate of drug-likeness (QED) is 0.746. The number of H-pyrrole nitrogens is 1. The van der Waals surface area contributed by atoms with Gasteiger partial charge < -0.3 is 9.88 Å². The van der Waals surface area contributed by atoms with Gasteiger partial charge in [-0.2, -0.15) is 0 Å². The summed E-state index contributed by atoms with van der Waals surface area (Å²) in [5, 5.41) is 1.00. The zero-order chi connectivity index (χ0) is 19.7. The number of aromatic amines is 1. The molecule has 1 amide bonds. The molecule has 4 rings (SSSR count). The molecule has 0 radical (unpaired) electrons. The van der Waals surface area contributed by atoms with Crippen LogP contribution in [0, 0.1) is 13.8 Å². The van der Waals surface area contributed by atoms with Crippen LogP contribution in [0.2, 0.25) is 0 Å². The summed E-state index contributed by atoms with van der Waals surface area (Å²) >= 11 is 0. The number of amides is 1. The lowest BCUT2D eigenvalue weighted by molar-refractivity contribution is 0.0663. The number of aromatic nitrogens is 2. The molecule has 1 aliphatic carbocycles. The molecule has 1 aliphatic rings. The van der Waals surface area contributed by atoms with Crippen LogP contribution in [-0.4, -0.2) is 26.8 Å². The van der Waals surface area contributed by atoms with Crippen molar-refractivity contribution in [1.82, 2.24) is 14.9 Å². The number of hydrogen-bond donors (Lipinski definition) is 1. The molecule has 1 aromatic carbocycles. The van der Waals surface area contributed by atoms with Crippen LogP contribution >= 0.6 is 0 Å². The van der Waals surface area contributed by atoms with Crippen molar-refractivity contribution in [3.8, 4) is 0 Å². The first-order valence-electron chi connectivity index (χ1n) is 9.87. The van der Waals surface area contributed by atoms with Crippen LogP contribution in [0.3, 0.4) is 0 Å². The molecule has 5 heteroatoms. The minimum Gasteiger partial charge on any atom is -0.331 e. The molecule has 2 heterocycles. The smallest absolute Gasteiger partial charge is 0.254 e. The Morgan fingerprint density at radius 3 is 2.57 bits per heavy atom. The Balaban J connectivity index is 1.72. The Kier molecular flexibility index (Phi) is 4.99. The second-order valence-electron chi connectivity index (χ2n) is 7.70. The number of pyridine rings is 2. The Morgan fingerprint density at radius 1 is 1.14 bits per heavy atom. The summed E-state index contributed by atoms with van der Waals surface area (Å²) in [6.45, 7) is 4.38. The van der Waals surface area contributed by atoms with Gasteiger partial charge in [0.25, 0.3) is 11.5 Å². The monoisotopic (exact) mass is 375 g/mol. The second kappa shape index (κ2) is 7.58. The summed E-state index contributed by atoms with van der Waals surface area (Å²) in [6.07, 6.45) is 7.48. The molecule has 144 valence electrons. The van der Waals surface area contributed by atoms with Crippen LogP contribution in [0.25, 0.3) is 10.9 Å². The van der Waals surface area contributed by atoms with E-state index < -0.39 is 0 Å². The topological polar surface area (TPSA) is 66.1 Å². The van der Waals surface area contributed by atoms with Gasteiger partial charge in [0.05, 0.1) is 12.1 Å². The summed E-state index contributed by atoms with van der Waals surface area (Å²) in [7, 11) is 0. The molecule has 0 bridgehead atoms. The first-order valence-corrected chi connectivity index (χ1v) is 9.87. The average Bonchev–Trinajstić information content (AvgIpc) is 3.24. The second-order valence-corrected chi connectivity index (χ2v) is 7.70. The number of hydrogen-bond acceptors (Lipinski definition) is 3. The van der Waals surface area contributed by atoms with E-state index >= 15 is 0 Å². The summed E-state index contributed by atoms with van der Waals surface area (Å²) in [5.74, 6) is -0.0334. The van der Waals surface area contributed by atoms with Crippen molar-refractivity contribution in [1.29, 1.82) is 0 Å². The minimum atomic E-state index is -0.119. The van der Waals surface area contributed by atoms with Crippen molar-refractivity contribution in [2.75, 3.05) is 0 Å². The van der Waals surface area contributed by atoms with Crippen molar-refractivity contribution in [2.45, 2.75) is 52.1 Å². The van der Waals surface area contributed by atoms with Gasteiger partial charge in [0, 0.05) is 29.6 Å².